The van der Waals surface area contributed by atoms with Crippen molar-refractivity contribution in [3.8, 4) is 0 Å². The van der Waals surface area contributed by atoms with Gasteiger partial charge in [-0.15, -0.1) is 0 Å². The molecule has 1 amide bonds. The van der Waals surface area contributed by atoms with Crippen molar-refractivity contribution < 1.29 is 4.79 Å². The molecule has 0 aromatic carbocycles. The van der Waals surface area contributed by atoms with Crippen molar-refractivity contribution in [3.63, 3.8) is 0 Å². The van der Waals surface area contributed by atoms with E-state index in [1.807, 2.05) is 32.4 Å². The summed E-state index contributed by atoms with van der Waals surface area (Å²) in [5, 5.41) is 9.36. The van der Waals surface area contributed by atoms with Crippen LogP contribution < -0.4 is 0 Å². The fourth-order valence-electron chi connectivity index (χ4n) is 2.51. The Morgan fingerprint density at radius 3 is 2.45 bits per heavy atom. The number of nitrogens with zero attached hydrogens (tertiary/aromatic N) is 5. The van der Waals surface area contributed by atoms with Crippen molar-refractivity contribution in [2.45, 2.75) is 47.3 Å². The number of hydrogen-bond donors (Lipinski definition) is 0. The molecule has 0 fully saturated rings. The van der Waals surface area contributed by atoms with Crippen LogP contribution in [0.25, 0.3) is 0 Å². The molecule has 0 unspecified atom stereocenters. The molecule has 2 heterocycles. The lowest BCUT2D eigenvalue weighted by Gasteiger charge is -2.16. The van der Waals surface area contributed by atoms with Gasteiger partial charge in [0, 0.05) is 32.0 Å². The Hall–Kier alpha value is -1.82. The van der Waals surface area contributed by atoms with E-state index in [0.29, 0.717) is 22.8 Å². The molecule has 0 spiro atoms. The van der Waals surface area contributed by atoms with Gasteiger partial charge >= 0.3 is 0 Å². The van der Waals surface area contributed by atoms with Gasteiger partial charge in [0.1, 0.15) is 5.69 Å². The number of aryl methyl sites for hydroxylation is 3. The van der Waals surface area contributed by atoms with Gasteiger partial charge in [-0.1, -0.05) is 11.6 Å². The summed E-state index contributed by atoms with van der Waals surface area (Å²) in [4.78, 5) is 14.3. The number of carbonyl (C=O) groups excluding carboxylic acids is 1. The first-order chi connectivity index (χ1) is 10.4. The summed E-state index contributed by atoms with van der Waals surface area (Å²) < 4.78 is 3.61. The number of carbonyl (C=O) groups is 1. The second kappa shape index (κ2) is 6.52. The quantitative estimate of drug-likeness (QED) is 0.850. The van der Waals surface area contributed by atoms with E-state index in [-0.39, 0.29) is 5.91 Å². The van der Waals surface area contributed by atoms with Crippen molar-refractivity contribution >= 4 is 17.5 Å². The minimum atomic E-state index is -0.0585. The van der Waals surface area contributed by atoms with E-state index in [2.05, 4.69) is 10.2 Å². The van der Waals surface area contributed by atoms with Crippen molar-refractivity contribution in [1.29, 1.82) is 0 Å². The molecule has 0 aliphatic rings. The molecule has 2 aromatic heterocycles. The van der Waals surface area contributed by atoms with E-state index in [1.165, 1.54) is 0 Å². The SMILES string of the molecule is CCn1cc(Cl)c(CN(C)C(=O)c2c(C)nn(CC)c2C)n1. The Labute approximate surface area is 135 Å². The third-order valence-corrected chi connectivity index (χ3v) is 4.06. The van der Waals surface area contributed by atoms with Gasteiger partial charge in [0.15, 0.2) is 0 Å². The Balaban J connectivity index is 2.22. The molecule has 6 nitrogen and oxygen atoms in total. The Morgan fingerprint density at radius 2 is 1.95 bits per heavy atom. The second-order valence-electron chi connectivity index (χ2n) is 5.30. The molecule has 0 saturated carbocycles. The predicted molar refractivity (Wildman–Crippen MR) is 86.1 cm³/mol. The molecule has 0 saturated heterocycles. The third kappa shape index (κ3) is 3.02. The smallest absolute Gasteiger partial charge is 0.257 e. The highest BCUT2D eigenvalue weighted by molar-refractivity contribution is 6.31. The zero-order chi connectivity index (χ0) is 16.4. The maximum absolute atomic E-state index is 12.7. The van der Waals surface area contributed by atoms with E-state index in [9.17, 15) is 4.79 Å². The average molecular weight is 324 g/mol. The Morgan fingerprint density at radius 1 is 1.27 bits per heavy atom. The molecule has 2 rings (SSSR count). The molecule has 22 heavy (non-hydrogen) atoms. The minimum Gasteiger partial charge on any atom is -0.336 e. The number of rotatable bonds is 5. The topological polar surface area (TPSA) is 56.0 Å². The van der Waals surface area contributed by atoms with E-state index in [1.54, 1.807) is 22.8 Å². The third-order valence-electron chi connectivity index (χ3n) is 3.74. The van der Waals surface area contributed by atoms with Crippen molar-refractivity contribution in [3.05, 3.63) is 33.9 Å². The fourth-order valence-corrected chi connectivity index (χ4v) is 2.72. The number of hydrogen-bond acceptors (Lipinski definition) is 3. The van der Waals surface area contributed by atoms with Crippen molar-refractivity contribution in [2.75, 3.05) is 7.05 Å². The van der Waals surface area contributed by atoms with Crippen LogP contribution in [0, 0.1) is 13.8 Å². The fraction of sp³-hybridized carbons (Fsp3) is 0.533. The van der Waals surface area contributed by atoms with Crippen LogP contribution in [0.2, 0.25) is 5.02 Å². The maximum Gasteiger partial charge on any atom is 0.257 e. The van der Waals surface area contributed by atoms with Crippen LogP contribution in [0.15, 0.2) is 6.20 Å². The highest BCUT2D eigenvalue weighted by Gasteiger charge is 2.22. The lowest BCUT2D eigenvalue weighted by Crippen LogP contribution is -2.27. The van der Waals surface area contributed by atoms with Gasteiger partial charge in [-0.25, -0.2) is 0 Å². The molecule has 0 bridgehead atoms. The zero-order valence-corrected chi connectivity index (χ0v) is 14.5. The van der Waals surface area contributed by atoms with Gasteiger partial charge in [0.05, 0.1) is 22.8 Å². The number of aromatic nitrogens is 4. The first kappa shape index (κ1) is 16.5. The monoisotopic (exact) mass is 323 g/mol. The molecule has 0 radical (unpaired) electrons. The Bertz CT molecular complexity index is 688. The van der Waals surface area contributed by atoms with E-state index in [4.69, 9.17) is 11.6 Å². The summed E-state index contributed by atoms with van der Waals surface area (Å²) in [5.41, 5.74) is 3.01. The van der Waals surface area contributed by atoms with Crippen LogP contribution in [0.1, 0.15) is 41.3 Å². The highest BCUT2D eigenvalue weighted by Crippen LogP contribution is 2.19. The van der Waals surface area contributed by atoms with Crippen molar-refractivity contribution in [1.82, 2.24) is 24.5 Å². The summed E-state index contributed by atoms with van der Waals surface area (Å²) in [5.74, 6) is -0.0585. The summed E-state index contributed by atoms with van der Waals surface area (Å²) in [6.45, 7) is 9.65. The predicted octanol–water partition coefficient (Wildman–Crippen LogP) is 2.66. The molecule has 0 N–H and O–H groups in total. The van der Waals surface area contributed by atoms with Gasteiger partial charge < -0.3 is 4.90 Å². The first-order valence-corrected chi connectivity index (χ1v) is 7.78. The van der Waals surface area contributed by atoms with Gasteiger partial charge in [-0.3, -0.25) is 14.2 Å². The van der Waals surface area contributed by atoms with Crippen LogP contribution in [0.4, 0.5) is 0 Å². The van der Waals surface area contributed by atoms with Gasteiger partial charge in [-0.2, -0.15) is 10.2 Å². The van der Waals surface area contributed by atoms with Gasteiger partial charge in [-0.05, 0) is 27.7 Å². The normalized spacial score (nSPS) is 11.0. The maximum atomic E-state index is 12.7. The standard InChI is InChI=1S/C15H22ClN5O/c1-6-20-8-12(16)13(18-20)9-19(5)15(22)14-10(3)17-21(7-2)11(14)4/h8H,6-7,9H2,1-5H3. The minimum absolute atomic E-state index is 0.0585. The molecule has 0 aliphatic heterocycles. The molecule has 0 atom stereocenters. The van der Waals surface area contributed by atoms with Gasteiger partial charge in [0.25, 0.3) is 5.91 Å². The van der Waals surface area contributed by atoms with Crippen molar-refractivity contribution in [2.24, 2.45) is 0 Å². The summed E-state index contributed by atoms with van der Waals surface area (Å²) in [6.07, 6.45) is 1.78. The number of amides is 1. The molecular weight excluding hydrogens is 302 g/mol. The van der Waals surface area contributed by atoms with E-state index in [0.717, 1.165) is 24.5 Å². The molecule has 7 heteroatoms. The molecule has 120 valence electrons. The first-order valence-electron chi connectivity index (χ1n) is 7.40. The molecular formula is C15H22ClN5O. The summed E-state index contributed by atoms with van der Waals surface area (Å²) >= 11 is 6.17. The average Bonchev–Trinajstić information content (AvgIpc) is 2.98. The zero-order valence-electron chi connectivity index (χ0n) is 13.7. The lowest BCUT2D eigenvalue weighted by atomic mass is 10.1. The lowest BCUT2D eigenvalue weighted by molar-refractivity contribution is 0.0781. The summed E-state index contributed by atoms with van der Waals surface area (Å²) in [7, 11) is 1.76. The largest absolute Gasteiger partial charge is 0.336 e. The Kier molecular flexibility index (Phi) is 4.90. The second-order valence-corrected chi connectivity index (χ2v) is 5.71. The van der Waals surface area contributed by atoms with E-state index >= 15 is 0 Å². The van der Waals surface area contributed by atoms with Crippen LogP contribution in [0.5, 0.6) is 0 Å². The highest BCUT2D eigenvalue weighted by atomic mass is 35.5. The van der Waals surface area contributed by atoms with E-state index < -0.39 is 0 Å². The number of halogens is 1. The van der Waals surface area contributed by atoms with Gasteiger partial charge in [0.2, 0.25) is 0 Å². The van der Waals surface area contributed by atoms with Crippen LogP contribution >= 0.6 is 11.6 Å². The van der Waals surface area contributed by atoms with Crippen LogP contribution in [0.3, 0.4) is 0 Å². The molecule has 0 aliphatic carbocycles. The summed E-state index contributed by atoms with van der Waals surface area (Å²) in [6, 6.07) is 0. The van der Waals surface area contributed by atoms with Crippen LogP contribution in [-0.2, 0) is 19.6 Å². The van der Waals surface area contributed by atoms with Crippen LogP contribution in [-0.4, -0.2) is 37.4 Å². The molecule has 2 aromatic rings.